The minimum Gasteiger partial charge on any atom is -0.276 e. The van der Waals surface area contributed by atoms with Gasteiger partial charge in [-0.05, 0) is 37.8 Å². The number of hydrogen-bond donors (Lipinski definition) is 1. The molecule has 0 spiro atoms. The zero-order valence-corrected chi connectivity index (χ0v) is 15.2. The Morgan fingerprint density at radius 2 is 1.89 bits per heavy atom. The fraction of sp³-hybridized carbons (Fsp3) is 0.500. The molecule has 0 amide bonds. The third-order valence-electron chi connectivity index (χ3n) is 5.17. The molecule has 1 aliphatic heterocycles. The second-order valence-electron chi connectivity index (χ2n) is 6.99. The summed E-state index contributed by atoms with van der Waals surface area (Å²) in [6, 6.07) is -1.35. The van der Waals surface area contributed by atoms with Crippen LogP contribution >= 0.6 is 0 Å². The number of aromatic nitrogens is 3. The molecule has 1 N–H and O–H groups in total. The Balaban J connectivity index is 1.82. The maximum Gasteiger partial charge on any atom is 0.433 e. The van der Waals surface area contributed by atoms with Gasteiger partial charge in [-0.25, -0.2) is 8.42 Å². The van der Waals surface area contributed by atoms with Crippen LogP contribution in [0.25, 0.3) is 0 Å². The van der Waals surface area contributed by atoms with Crippen molar-refractivity contribution in [1.82, 2.24) is 19.5 Å². The number of nitrogens with one attached hydrogen (secondary N) is 1. The van der Waals surface area contributed by atoms with Gasteiger partial charge in [0.2, 0.25) is 10.0 Å². The summed E-state index contributed by atoms with van der Waals surface area (Å²) in [5, 5.41) is 5.93. The summed E-state index contributed by atoms with van der Waals surface area (Å²) in [6.45, 7) is 1.08. The van der Waals surface area contributed by atoms with E-state index in [1.165, 1.54) is 6.20 Å². The summed E-state index contributed by atoms with van der Waals surface area (Å²) in [5.41, 5.74) is -1.60. The predicted molar refractivity (Wildman–Crippen MR) is 85.7 cm³/mol. The molecule has 0 bridgehead atoms. The van der Waals surface area contributed by atoms with E-state index in [2.05, 4.69) is 15.2 Å². The van der Waals surface area contributed by atoms with Gasteiger partial charge in [0.25, 0.3) is 0 Å². The number of aromatic amines is 1. The SMILES string of the molecule is C[C@@H]1N(S(=O)(=O)c2ccc(C(F)(F)F)nc2)[C@H](C2CC2)c2cn[nH]c2C1(F)F. The van der Waals surface area contributed by atoms with Crippen molar-refractivity contribution in [3.05, 3.63) is 41.5 Å². The molecule has 12 heteroatoms. The van der Waals surface area contributed by atoms with Gasteiger partial charge in [0.1, 0.15) is 16.3 Å². The number of rotatable bonds is 3. The average Bonchev–Trinajstić information content (AvgIpc) is 3.32. The van der Waals surface area contributed by atoms with E-state index < -0.39 is 50.5 Å². The Morgan fingerprint density at radius 3 is 2.43 bits per heavy atom. The van der Waals surface area contributed by atoms with Gasteiger partial charge >= 0.3 is 12.1 Å². The molecule has 2 atom stereocenters. The van der Waals surface area contributed by atoms with Gasteiger partial charge in [-0.2, -0.15) is 31.4 Å². The maximum atomic E-state index is 14.9. The highest BCUT2D eigenvalue weighted by atomic mass is 32.2. The average molecular weight is 422 g/mol. The van der Waals surface area contributed by atoms with E-state index in [1.807, 2.05) is 0 Å². The van der Waals surface area contributed by atoms with Crippen molar-refractivity contribution < 1.29 is 30.4 Å². The minimum absolute atomic E-state index is 0.0917. The Labute approximate surface area is 156 Å². The van der Waals surface area contributed by atoms with Crippen LogP contribution in [0.4, 0.5) is 22.0 Å². The highest BCUT2D eigenvalue weighted by Gasteiger charge is 2.59. The topological polar surface area (TPSA) is 79.0 Å². The fourth-order valence-corrected chi connectivity index (χ4v) is 5.39. The second-order valence-corrected chi connectivity index (χ2v) is 8.84. The van der Waals surface area contributed by atoms with Gasteiger partial charge in [-0.3, -0.25) is 10.1 Å². The van der Waals surface area contributed by atoms with Crippen molar-refractivity contribution in [3.63, 3.8) is 0 Å². The molecule has 152 valence electrons. The molecule has 0 unspecified atom stereocenters. The lowest BCUT2D eigenvalue weighted by Gasteiger charge is -2.43. The van der Waals surface area contributed by atoms with Crippen molar-refractivity contribution in [2.24, 2.45) is 5.92 Å². The summed E-state index contributed by atoms with van der Waals surface area (Å²) in [5.74, 6) is -3.70. The van der Waals surface area contributed by atoms with Crippen molar-refractivity contribution in [2.75, 3.05) is 0 Å². The lowest BCUT2D eigenvalue weighted by atomic mass is 9.91. The van der Waals surface area contributed by atoms with Crippen molar-refractivity contribution in [1.29, 1.82) is 0 Å². The van der Waals surface area contributed by atoms with Crippen LogP contribution in [0.1, 0.15) is 42.8 Å². The van der Waals surface area contributed by atoms with E-state index in [0.29, 0.717) is 29.4 Å². The number of nitrogens with zero attached hydrogens (tertiary/aromatic N) is 3. The molecular weight excluding hydrogens is 407 g/mol. The van der Waals surface area contributed by atoms with Gasteiger partial charge in [0.15, 0.2) is 0 Å². The highest BCUT2D eigenvalue weighted by Crippen LogP contribution is 2.55. The van der Waals surface area contributed by atoms with Crippen molar-refractivity contribution >= 4 is 10.0 Å². The first kappa shape index (κ1) is 19.2. The van der Waals surface area contributed by atoms with Crippen LogP contribution in [0.2, 0.25) is 0 Å². The first-order chi connectivity index (χ1) is 13.0. The van der Waals surface area contributed by atoms with Crippen molar-refractivity contribution in [2.45, 2.75) is 48.8 Å². The van der Waals surface area contributed by atoms with E-state index in [9.17, 15) is 30.4 Å². The number of halogens is 5. The van der Waals surface area contributed by atoms with Gasteiger partial charge < -0.3 is 0 Å². The number of pyridine rings is 1. The summed E-state index contributed by atoms with van der Waals surface area (Å²) in [6.07, 6.45) is -1.69. The maximum absolute atomic E-state index is 14.9. The first-order valence-corrected chi connectivity index (χ1v) is 9.88. The standard InChI is InChI=1S/C16H15F5N4O2S/c1-8-15(17,18)14-11(7-23-24-14)13(9-2-3-9)25(8)28(26,27)10-4-5-12(22-6-10)16(19,20)21/h4-9,13H,2-3H2,1H3,(H,23,24)/t8-,13+/m0/s1. The Kier molecular flexibility index (Phi) is 4.10. The molecule has 1 fully saturated rings. The van der Waals surface area contributed by atoms with E-state index in [4.69, 9.17) is 0 Å². The summed E-state index contributed by atoms with van der Waals surface area (Å²) in [4.78, 5) is 2.59. The number of hydrogen-bond acceptors (Lipinski definition) is 4. The molecule has 0 saturated heterocycles. The lowest BCUT2D eigenvalue weighted by molar-refractivity contribution is -0.141. The number of fused-ring (bicyclic) bond motifs is 1. The van der Waals surface area contributed by atoms with Crippen LogP contribution < -0.4 is 0 Å². The predicted octanol–water partition coefficient (Wildman–Crippen LogP) is 3.46. The van der Waals surface area contributed by atoms with Crippen LogP contribution in [0.15, 0.2) is 29.4 Å². The van der Waals surface area contributed by atoms with Gasteiger partial charge in [-0.1, -0.05) is 0 Å². The molecule has 1 saturated carbocycles. The second kappa shape index (κ2) is 5.96. The summed E-state index contributed by atoms with van der Waals surface area (Å²) in [7, 11) is -4.54. The van der Waals surface area contributed by atoms with Crippen LogP contribution in [0, 0.1) is 5.92 Å². The third-order valence-corrected chi connectivity index (χ3v) is 7.11. The Bertz CT molecular complexity index is 999. The van der Waals surface area contributed by atoms with E-state index in [1.54, 1.807) is 0 Å². The highest BCUT2D eigenvalue weighted by molar-refractivity contribution is 7.89. The minimum atomic E-state index is -4.74. The van der Waals surface area contributed by atoms with Crippen LogP contribution in [0.3, 0.4) is 0 Å². The lowest BCUT2D eigenvalue weighted by Crippen LogP contribution is -2.53. The van der Waals surface area contributed by atoms with Crippen molar-refractivity contribution in [3.8, 4) is 0 Å². The zero-order valence-electron chi connectivity index (χ0n) is 14.4. The smallest absolute Gasteiger partial charge is 0.276 e. The third kappa shape index (κ3) is 2.81. The van der Waals surface area contributed by atoms with Crippen LogP contribution in [-0.4, -0.2) is 33.9 Å². The summed E-state index contributed by atoms with van der Waals surface area (Å²) < 4.78 is 94.9. The van der Waals surface area contributed by atoms with E-state index in [-0.39, 0.29) is 11.5 Å². The monoisotopic (exact) mass is 422 g/mol. The normalized spacial score (nSPS) is 25.5. The number of H-pyrrole nitrogens is 1. The van der Waals surface area contributed by atoms with Gasteiger partial charge in [0, 0.05) is 11.8 Å². The molecule has 0 radical (unpaired) electrons. The first-order valence-electron chi connectivity index (χ1n) is 8.44. The molecule has 2 aliphatic rings. The molecule has 6 nitrogen and oxygen atoms in total. The quantitative estimate of drug-likeness (QED) is 0.769. The fourth-order valence-electron chi connectivity index (χ4n) is 3.59. The molecule has 1 aliphatic carbocycles. The van der Waals surface area contributed by atoms with E-state index >= 15 is 0 Å². The molecule has 4 rings (SSSR count). The molecule has 28 heavy (non-hydrogen) atoms. The van der Waals surface area contributed by atoms with Gasteiger partial charge in [-0.15, -0.1) is 0 Å². The summed E-state index contributed by atoms with van der Waals surface area (Å²) >= 11 is 0. The number of sulfonamides is 1. The largest absolute Gasteiger partial charge is 0.433 e. The molecule has 2 aromatic rings. The molecule has 0 aromatic carbocycles. The molecular formula is C16H15F5N4O2S. The Hall–Kier alpha value is -2.08. The van der Waals surface area contributed by atoms with E-state index in [0.717, 1.165) is 13.0 Å². The molecule has 2 aromatic heterocycles. The zero-order chi connectivity index (χ0) is 20.5. The molecule has 3 heterocycles. The van der Waals surface area contributed by atoms with Crippen LogP contribution in [0.5, 0.6) is 0 Å². The Morgan fingerprint density at radius 1 is 1.21 bits per heavy atom. The van der Waals surface area contributed by atoms with Crippen LogP contribution in [-0.2, 0) is 22.1 Å². The van der Waals surface area contributed by atoms with Gasteiger partial charge in [0.05, 0.1) is 18.3 Å². The number of alkyl halides is 5.